The van der Waals surface area contributed by atoms with Gasteiger partial charge in [-0.2, -0.15) is 5.26 Å². The molecular formula is C10H11NO2. The van der Waals surface area contributed by atoms with Gasteiger partial charge in [-0.1, -0.05) is 6.92 Å². The van der Waals surface area contributed by atoms with Gasteiger partial charge in [0.25, 0.3) is 0 Å². The van der Waals surface area contributed by atoms with E-state index < -0.39 is 0 Å². The lowest BCUT2D eigenvalue weighted by Gasteiger charge is -2.06. The largest absolute Gasteiger partial charge is 0.508 e. The molecule has 0 saturated heterocycles. The number of benzene rings is 1. The van der Waals surface area contributed by atoms with Crippen molar-refractivity contribution in [1.29, 1.82) is 5.26 Å². The summed E-state index contributed by atoms with van der Waals surface area (Å²) < 4.78 is 0. The van der Waals surface area contributed by atoms with E-state index in [-0.39, 0.29) is 17.4 Å². The first-order chi connectivity index (χ1) is 6.17. The molecule has 0 heterocycles. The topological polar surface area (TPSA) is 64.2 Å². The molecule has 1 aromatic rings. The summed E-state index contributed by atoms with van der Waals surface area (Å²) in [6.07, 6.45) is 0.666. The van der Waals surface area contributed by atoms with Gasteiger partial charge in [-0.15, -0.1) is 0 Å². The predicted octanol–water partition coefficient (Wildman–Crippen LogP) is 2.11. The third-order valence-electron chi connectivity index (χ3n) is 1.89. The van der Waals surface area contributed by atoms with E-state index in [0.717, 1.165) is 0 Å². The molecule has 0 aliphatic carbocycles. The van der Waals surface area contributed by atoms with E-state index in [9.17, 15) is 0 Å². The summed E-state index contributed by atoms with van der Waals surface area (Å²) in [6, 6.07) is 6.34. The van der Waals surface area contributed by atoms with Crippen molar-refractivity contribution < 1.29 is 10.2 Å². The lowest BCUT2D eigenvalue weighted by molar-refractivity contribution is 0.448. The highest BCUT2D eigenvalue weighted by Crippen LogP contribution is 2.27. The summed E-state index contributed by atoms with van der Waals surface area (Å²) in [4.78, 5) is 0. The second-order valence-electron chi connectivity index (χ2n) is 2.87. The minimum atomic E-state index is -0.266. The Bertz CT molecular complexity index is 321. The van der Waals surface area contributed by atoms with Crippen molar-refractivity contribution in [3.63, 3.8) is 0 Å². The van der Waals surface area contributed by atoms with Crippen LogP contribution in [0.1, 0.15) is 24.8 Å². The smallest absolute Gasteiger partial charge is 0.119 e. The molecule has 0 bridgehead atoms. The first-order valence-corrected chi connectivity index (χ1v) is 4.10. The first kappa shape index (κ1) is 9.40. The summed E-state index contributed by atoms with van der Waals surface area (Å²) >= 11 is 0. The number of hydrogen-bond acceptors (Lipinski definition) is 3. The molecule has 0 aromatic heterocycles. The van der Waals surface area contributed by atoms with Gasteiger partial charge >= 0.3 is 0 Å². The number of hydrogen-bond donors (Lipinski definition) is 2. The zero-order chi connectivity index (χ0) is 9.84. The van der Waals surface area contributed by atoms with Crippen LogP contribution in [0.3, 0.4) is 0 Å². The van der Waals surface area contributed by atoms with E-state index in [1.54, 1.807) is 0 Å². The summed E-state index contributed by atoms with van der Waals surface area (Å²) in [5.41, 5.74) is 0.655. The van der Waals surface area contributed by atoms with E-state index in [1.165, 1.54) is 18.2 Å². The zero-order valence-electron chi connectivity index (χ0n) is 7.36. The van der Waals surface area contributed by atoms with Crippen LogP contribution in [0.2, 0.25) is 0 Å². The van der Waals surface area contributed by atoms with Gasteiger partial charge in [0.05, 0.1) is 12.0 Å². The molecule has 0 aliphatic rings. The Morgan fingerprint density at radius 2 is 1.85 bits per heavy atom. The van der Waals surface area contributed by atoms with Crippen LogP contribution in [0.25, 0.3) is 0 Å². The SMILES string of the molecule is CCC(C#N)c1cc(O)cc(O)c1. The Kier molecular flexibility index (Phi) is 2.76. The van der Waals surface area contributed by atoms with Crippen LogP contribution in [0, 0.1) is 11.3 Å². The quantitative estimate of drug-likeness (QED) is 0.727. The van der Waals surface area contributed by atoms with Crippen LogP contribution in [0.5, 0.6) is 11.5 Å². The third-order valence-corrected chi connectivity index (χ3v) is 1.89. The standard InChI is InChI=1S/C10H11NO2/c1-2-7(6-11)8-3-9(12)5-10(13)4-8/h3-5,7,12-13H,2H2,1H3. The molecule has 0 amide bonds. The second kappa shape index (κ2) is 3.81. The van der Waals surface area contributed by atoms with E-state index in [0.29, 0.717) is 12.0 Å². The molecule has 0 aliphatic heterocycles. The summed E-state index contributed by atoms with van der Waals surface area (Å²) in [7, 11) is 0. The van der Waals surface area contributed by atoms with Crippen molar-refractivity contribution in [3.05, 3.63) is 23.8 Å². The minimum absolute atomic E-state index is 0.0105. The highest BCUT2D eigenvalue weighted by atomic mass is 16.3. The molecule has 0 spiro atoms. The van der Waals surface area contributed by atoms with Crippen LogP contribution in [-0.2, 0) is 0 Å². The molecule has 3 heteroatoms. The summed E-state index contributed by atoms with van der Waals surface area (Å²) in [5, 5.41) is 27.1. The highest BCUT2D eigenvalue weighted by Gasteiger charge is 2.09. The fourth-order valence-corrected chi connectivity index (χ4v) is 1.22. The first-order valence-electron chi connectivity index (χ1n) is 4.10. The Hall–Kier alpha value is -1.69. The van der Waals surface area contributed by atoms with Crippen LogP contribution in [0.4, 0.5) is 0 Å². The molecule has 0 fully saturated rings. The third kappa shape index (κ3) is 2.12. The molecule has 1 unspecified atom stereocenters. The van der Waals surface area contributed by atoms with Crippen molar-refractivity contribution >= 4 is 0 Å². The van der Waals surface area contributed by atoms with Gasteiger partial charge in [0.2, 0.25) is 0 Å². The van der Waals surface area contributed by atoms with Gasteiger partial charge in [0, 0.05) is 6.07 Å². The average molecular weight is 177 g/mol. The van der Waals surface area contributed by atoms with E-state index in [1.807, 2.05) is 6.92 Å². The van der Waals surface area contributed by atoms with Gasteiger partial charge in [0.1, 0.15) is 11.5 Å². The monoisotopic (exact) mass is 177 g/mol. The van der Waals surface area contributed by atoms with Crippen molar-refractivity contribution in [2.24, 2.45) is 0 Å². The number of nitrogens with zero attached hydrogens (tertiary/aromatic N) is 1. The molecule has 0 saturated carbocycles. The maximum absolute atomic E-state index is 9.16. The van der Waals surface area contributed by atoms with Gasteiger partial charge in [-0.25, -0.2) is 0 Å². The number of phenolic OH excluding ortho intramolecular Hbond substituents is 2. The van der Waals surface area contributed by atoms with Crippen LogP contribution < -0.4 is 0 Å². The van der Waals surface area contributed by atoms with Crippen molar-refractivity contribution in [2.45, 2.75) is 19.3 Å². The van der Waals surface area contributed by atoms with Crippen LogP contribution in [0.15, 0.2) is 18.2 Å². The van der Waals surface area contributed by atoms with E-state index >= 15 is 0 Å². The molecular weight excluding hydrogens is 166 g/mol. The lowest BCUT2D eigenvalue weighted by Crippen LogP contribution is -1.92. The van der Waals surface area contributed by atoms with Crippen LogP contribution in [-0.4, -0.2) is 10.2 Å². The molecule has 1 aromatic carbocycles. The number of phenols is 2. The average Bonchev–Trinajstić information content (AvgIpc) is 2.04. The van der Waals surface area contributed by atoms with E-state index in [2.05, 4.69) is 6.07 Å². The fourth-order valence-electron chi connectivity index (χ4n) is 1.22. The van der Waals surface area contributed by atoms with Gasteiger partial charge < -0.3 is 10.2 Å². The Labute approximate surface area is 76.9 Å². The maximum Gasteiger partial charge on any atom is 0.119 e. The molecule has 1 rings (SSSR count). The van der Waals surface area contributed by atoms with Crippen molar-refractivity contribution in [2.75, 3.05) is 0 Å². The van der Waals surface area contributed by atoms with Crippen molar-refractivity contribution in [3.8, 4) is 17.6 Å². The summed E-state index contributed by atoms with van der Waals surface area (Å²) in [6.45, 7) is 1.88. The zero-order valence-corrected chi connectivity index (χ0v) is 7.36. The number of nitriles is 1. The molecule has 13 heavy (non-hydrogen) atoms. The number of rotatable bonds is 2. The van der Waals surface area contributed by atoms with E-state index in [4.69, 9.17) is 15.5 Å². The van der Waals surface area contributed by atoms with Gasteiger partial charge in [-0.05, 0) is 24.1 Å². The molecule has 2 N–H and O–H groups in total. The summed E-state index contributed by atoms with van der Waals surface area (Å²) in [5.74, 6) is -0.287. The van der Waals surface area contributed by atoms with Gasteiger partial charge in [-0.3, -0.25) is 0 Å². The second-order valence-corrected chi connectivity index (χ2v) is 2.87. The maximum atomic E-state index is 9.16. The lowest BCUT2D eigenvalue weighted by atomic mass is 9.98. The molecule has 0 radical (unpaired) electrons. The van der Waals surface area contributed by atoms with Gasteiger partial charge in [0.15, 0.2) is 0 Å². The van der Waals surface area contributed by atoms with Crippen LogP contribution >= 0.6 is 0 Å². The van der Waals surface area contributed by atoms with Crippen molar-refractivity contribution in [1.82, 2.24) is 0 Å². The molecule has 3 nitrogen and oxygen atoms in total. The molecule has 1 atom stereocenters. The number of aromatic hydroxyl groups is 2. The minimum Gasteiger partial charge on any atom is -0.508 e. The highest BCUT2D eigenvalue weighted by molar-refractivity contribution is 5.39. The Balaban J connectivity index is 3.08. The molecule has 68 valence electrons. The normalized spacial score (nSPS) is 12.0. The Morgan fingerprint density at radius 1 is 1.31 bits per heavy atom. The fraction of sp³-hybridized carbons (Fsp3) is 0.300. The predicted molar refractivity (Wildman–Crippen MR) is 48.4 cm³/mol. The Morgan fingerprint density at radius 3 is 2.23 bits per heavy atom.